The maximum absolute atomic E-state index is 4.61. The Balaban J connectivity index is 2.15. The lowest BCUT2D eigenvalue weighted by atomic mass is 10.1. The van der Waals surface area contributed by atoms with Crippen molar-refractivity contribution < 1.29 is 0 Å². The van der Waals surface area contributed by atoms with Crippen molar-refractivity contribution in [2.45, 2.75) is 58.0 Å². The summed E-state index contributed by atoms with van der Waals surface area (Å²) in [5.74, 6) is 1.90. The minimum Gasteiger partial charge on any atom is -0.365 e. The van der Waals surface area contributed by atoms with E-state index < -0.39 is 0 Å². The van der Waals surface area contributed by atoms with Crippen LogP contribution in [0.5, 0.6) is 0 Å². The predicted octanol–water partition coefficient (Wildman–Crippen LogP) is 2.63. The van der Waals surface area contributed by atoms with E-state index in [1.165, 1.54) is 24.8 Å². The Morgan fingerprint density at radius 1 is 1.37 bits per heavy atom. The van der Waals surface area contributed by atoms with Crippen molar-refractivity contribution in [2.75, 3.05) is 19.4 Å². The van der Waals surface area contributed by atoms with E-state index in [0.29, 0.717) is 12.1 Å². The Labute approximate surface area is 116 Å². The normalized spacial score (nSPS) is 23.0. The maximum Gasteiger partial charge on any atom is 0.133 e. The third-order valence-electron chi connectivity index (χ3n) is 3.97. The van der Waals surface area contributed by atoms with E-state index in [2.05, 4.69) is 41.2 Å². The van der Waals surface area contributed by atoms with Gasteiger partial charge in [0.1, 0.15) is 11.6 Å². The second-order valence-corrected chi connectivity index (χ2v) is 5.75. The molecule has 0 saturated heterocycles. The van der Waals surface area contributed by atoms with Gasteiger partial charge in [-0.15, -0.1) is 0 Å². The molecule has 19 heavy (non-hydrogen) atoms. The third kappa shape index (κ3) is 3.44. The van der Waals surface area contributed by atoms with Crippen molar-refractivity contribution in [2.24, 2.45) is 0 Å². The molecule has 0 bridgehead atoms. The quantitative estimate of drug-likeness (QED) is 0.885. The van der Waals surface area contributed by atoms with Crippen LogP contribution in [-0.4, -0.2) is 41.0 Å². The van der Waals surface area contributed by atoms with E-state index in [1.807, 2.05) is 13.1 Å². The highest BCUT2D eigenvalue weighted by Crippen LogP contribution is 2.26. The van der Waals surface area contributed by atoms with Gasteiger partial charge in [0.2, 0.25) is 0 Å². The molecular formula is C15H26N4. The lowest BCUT2D eigenvalue weighted by molar-refractivity contribution is 0.284. The number of hydrogen-bond donors (Lipinski definition) is 1. The van der Waals surface area contributed by atoms with Crippen LogP contribution in [0.4, 0.5) is 5.82 Å². The zero-order chi connectivity index (χ0) is 13.8. The van der Waals surface area contributed by atoms with Crippen LogP contribution in [-0.2, 0) is 6.42 Å². The standard InChI is InChI=1S/C15H26N4/c1-5-7-12-10-16-11(2)17-15(12)18-13-8-6-9-14(13)19(3)4/h10,13-14H,5-9H2,1-4H3,(H,16,17,18)/t13-,14-/m1/s1. The van der Waals surface area contributed by atoms with Crippen molar-refractivity contribution in [3.05, 3.63) is 17.6 Å². The Morgan fingerprint density at radius 2 is 2.16 bits per heavy atom. The molecule has 1 aromatic rings. The number of likely N-dealkylation sites (N-methyl/N-ethyl adjacent to an activating group) is 1. The number of nitrogens with zero attached hydrogens (tertiary/aromatic N) is 3. The first-order valence-electron chi connectivity index (χ1n) is 7.37. The van der Waals surface area contributed by atoms with Gasteiger partial charge in [0.25, 0.3) is 0 Å². The number of aryl methyl sites for hydroxylation is 2. The van der Waals surface area contributed by atoms with E-state index >= 15 is 0 Å². The number of nitrogens with one attached hydrogen (secondary N) is 1. The number of aromatic nitrogens is 2. The molecule has 1 aliphatic rings. The molecular weight excluding hydrogens is 236 g/mol. The summed E-state index contributed by atoms with van der Waals surface area (Å²) >= 11 is 0. The molecule has 1 saturated carbocycles. The molecule has 0 amide bonds. The molecule has 106 valence electrons. The molecule has 1 heterocycles. The van der Waals surface area contributed by atoms with Crippen molar-refractivity contribution in [3.63, 3.8) is 0 Å². The average Bonchev–Trinajstić information content (AvgIpc) is 2.81. The summed E-state index contributed by atoms with van der Waals surface area (Å²) in [5, 5.41) is 3.67. The molecule has 0 aliphatic heterocycles. The van der Waals surface area contributed by atoms with Crippen LogP contribution in [0.3, 0.4) is 0 Å². The molecule has 0 unspecified atom stereocenters. The second-order valence-electron chi connectivity index (χ2n) is 5.75. The lowest BCUT2D eigenvalue weighted by Gasteiger charge is -2.28. The Hall–Kier alpha value is -1.16. The SMILES string of the molecule is CCCc1cnc(C)nc1N[C@@H]1CCC[C@H]1N(C)C. The van der Waals surface area contributed by atoms with Crippen LogP contribution in [0, 0.1) is 6.92 Å². The van der Waals surface area contributed by atoms with E-state index in [9.17, 15) is 0 Å². The Kier molecular flexibility index (Phi) is 4.75. The molecule has 1 aliphatic carbocycles. The minimum atomic E-state index is 0.514. The fraction of sp³-hybridized carbons (Fsp3) is 0.733. The largest absolute Gasteiger partial charge is 0.365 e. The molecule has 0 aromatic carbocycles. The van der Waals surface area contributed by atoms with Gasteiger partial charge in [0, 0.05) is 23.8 Å². The first kappa shape index (κ1) is 14.3. The molecule has 4 heteroatoms. The zero-order valence-electron chi connectivity index (χ0n) is 12.6. The van der Waals surface area contributed by atoms with Gasteiger partial charge >= 0.3 is 0 Å². The molecule has 1 N–H and O–H groups in total. The van der Waals surface area contributed by atoms with E-state index in [1.54, 1.807) is 0 Å². The first-order chi connectivity index (χ1) is 9.11. The molecule has 0 radical (unpaired) electrons. The highest BCUT2D eigenvalue weighted by atomic mass is 15.2. The van der Waals surface area contributed by atoms with Crippen LogP contribution in [0.2, 0.25) is 0 Å². The molecule has 4 nitrogen and oxygen atoms in total. The molecule has 2 atom stereocenters. The molecule has 0 spiro atoms. The van der Waals surface area contributed by atoms with Gasteiger partial charge in [-0.2, -0.15) is 0 Å². The van der Waals surface area contributed by atoms with E-state index in [0.717, 1.165) is 24.5 Å². The number of anilines is 1. The summed E-state index contributed by atoms with van der Waals surface area (Å²) in [6.07, 6.45) is 7.96. The van der Waals surface area contributed by atoms with Gasteiger partial charge in [-0.05, 0) is 46.7 Å². The van der Waals surface area contributed by atoms with Crippen molar-refractivity contribution >= 4 is 5.82 Å². The van der Waals surface area contributed by atoms with Gasteiger partial charge in [0.05, 0.1) is 0 Å². The van der Waals surface area contributed by atoms with Gasteiger partial charge in [-0.25, -0.2) is 9.97 Å². The summed E-state index contributed by atoms with van der Waals surface area (Å²) < 4.78 is 0. The second kappa shape index (κ2) is 6.33. The summed E-state index contributed by atoms with van der Waals surface area (Å²) in [6.45, 7) is 4.15. The van der Waals surface area contributed by atoms with Gasteiger partial charge < -0.3 is 10.2 Å². The Morgan fingerprint density at radius 3 is 2.84 bits per heavy atom. The fourth-order valence-electron chi connectivity index (χ4n) is 2.97. The summed E-state index contributed by atoms with van der Waals surface area (Å²) in [7, 11) is 4.34. The first-order valence-corrected chi connectivity index (χ1v) is 7.37. The van der Waals surface area contributed by atoms with Gasteiger partial charge in [-0.1, -0.05) is 13.3 Å². The summed E-state index contributed by atoms with van der Waals surface area (Å²) in [6, 6.07) is 1.13. The van der Waals surface area contributed by atoms with Crippen molar-refractivity contribution in [3.8, 4) is 0 Å². The maximum atomic E-state index is 4.61. The molecule has 1 aromatic heterocycles. The van der Waals surface area contributed by atoms with Crippen LogP contribution in [0.15, 0.2) is 6.20 Å². The van der Waals surface area contributed by atoms with Gasteiger partial charge in [-0.3, -0.25) is 0 Å². The van der Waals surface area contributed by atoms with E-state index in [4.69, 9.17) is 0 Å². The zero-order valence-corrected chi connectivity index (χ0v) is 12.6. The highest BCUT2D eigenvalue weighted by Gasteiger charge is 2.29. The van der Waals surface area contributed by atoms with Gasteiger partial charge in [0.15, 0.2) is 0 Å². The smallest absolute Gasteiger partial charge is 0.133 e. The molecule has 1 fully saturated rings. The van der Waals surface area contributed by atoms with Crippen molar-refractivity contribution in [1.29, 1.82) is 0 Å². The monoisotopic (exact) mass is 262 g/mol. The number of hydrogen-bond acceptors (Lipinski definition) is 4. The summed E-state index contributed by atoms with van der Waals surface area (Å²) in [4.78, 5) is 11.3. The topological polar surface area (TPSA) is 41.1 Å². The average molecular weight is 262 g/mol. The third-order valence-corrected chi connectivity index (χ3v) is 3.97. The minimum absolute atomic E-state index is 0.514. The van der Waals surface area contributed by atoms with Crippen LogP contribution in [0.25, 0.3) is 0 Å². The lowest BCUT2D eigenvalue weighted by Crippen LogP contribution is -2.39. The highest BCUT2D eigenvalue weighted by molar-refractivity contribution is 5.44. The Bertz CT molecular complexity index is 417. The number of rotatable bonds is 5. The van der Waals surface area contributed by atoms with Crippen molar-refractivity contribution in [1.82, 2.24) is 14.9 Å². The fourth-order valence-corrected chi connectivity index (χ4v) is 2.97. The van der Waals surface area contributed by atoms with Crippen LogP contribution in [0.1, 0.15) is 44.0 Å². The van der Waals surface area contributed by atoms with Crippen LogP contribution >= 0.6 is 0 Å². The summed E-state index contributed by atoms with van der Waals surface area (Å²) in [5.41, 5.74) is 1.25. The predicted molar refractivity (Wildman–Crippen MR) is 79.5 cm³/mol. The molecule has 2 rings (SSSR count). The van der Waals surface area contributed by atoms with Crippen LogP contribution < -0.4 is 5.32 Å². The van der Waals surface area contributed by atoms with E-state index in [-0.39, 0.29) is 0 Å².